The van der Waals surface area contributed by atoms with Crippen LogP contribution in [-0.2, 0) is 9.53 Å². The molecule has 1 aromatic carbocycles. The second-order valence-electron chi connectivity index (χ2n) is 5.19. The van der Waals surface area contributed by atoms with Crippen molar-refractivity contribution in [3.8, 4) is 0 Å². The first-order chi connectivity index (χ1) is 10.4. The molecular formula is C14H15ClN2O5. The molecular weight excluding hydrogens is 312 g/mol. The molecule has 118 valence electrons. The molecule has 0 aliphatic heterocycles. The number of nitrogens with one attached hydrogen (secondary N) is 1. The smallest absolute Gasteiger partial charge is 0.340 e. The normalized spacial score (nSPS) is 15.0. The van der Waals surface area contributed by atoms with Crippen LogP contribution in [0.2, 0.25) is 5.02 Å². The van der Waals surface area contributed by atoms with Crippen LogP contribution in [0.3, 0.4) is 0 Å². The molecule has 1 amide bonds. The van der Waals surface area contributed by atoms with Crippen molar-refractivity contribution >= 4 is 29.2 Å². The second-order valence-corrected chi connectivity index (χ2v) is 5.60. The van der Waals surface area contributed by atoms with Crippen LogP contribution in [0.4, 0.5) is 5.69 Å². The van der Waals surface area contributed by atoms with Crippen LogP contribution >= 0.6 is 11.6 Å². The fraction of sp³-hybridized carbons (Fsp3) is 0.429. The van der Waals surface area contributed by atoms with Crippen molar-refractivity contribution in [3.05, 3.63) is 38.9 Å². The van der Waals surface area contributed by atoms with E-state index in [4.69, 9.17) is 16.3 Å². The summed E-state index contributed by atoms with van der Waals surface area (Å²) in [6.45, 7) is 1.49. The molecule has 7 nitrogen and oxygen atoms in total. The Balaban J connectivity index is 1.88. The van der Waals surface area contributed by atoms with E-state index in [0.29, 0.717) is 5.92 Å². The van der Waals surface area contributed by atoms with Gasteiger partial charge < -0.3 is 10.1 Å². The number of esters is 1. The quantitative estimate of drug-likeness (QED) is 0.491. The maximum absolute atomic E-state index is 11.8. The maximum Gasteiger partial charge on any atom is 0.340 e. The zero-order valence-corrected chi connectivity index (χ0v) is 12.6. The van der Waals surface area contributed by atoms with Gasteiger partial charge in [0.1, 0.15) is 0 Å². The van der Waals surface area contributed by atoms with Crippen LogP contribution in [-0.4, -0.2) is 29.4 Å². The van der Waals surface area contributed by atoms with E-state index in [1.165, 1.54) is 6.07 Å². The number of nitro benzene ring substituents is 1. The number of rotatable bonds is 6. The average molecular weight is 327 g/mol. The minimum absolute atomic E-state index is 0.0182. The SMILES string of the molecule is C[C@@H](NC(=O)COC(=O)c1ccc([N+](=O)[O-])cc1Cl)C1CC1. The third kappa shape index (κ3) is 4.17. The molecule has 1 aliphatic carbocycles. The molecule has 0 bridgehead atoms. The first-order valence-corrected chi connectivity index (χ1v) is 7.16. The number of non-ortho nitro benzene ring substituents is 1. The highest BCUT2D eigenvalue weighted by Gasteiger charge is 2.29. The largest absolute Gasteiger partial charge is 0.452 e. The number of nitrogens with zero attached hydrogens (tertiary/aromatic N) is 1. The summed E-state index contributed by atoms with van der Waals surface area (Å²) in [4.78, 5) is 33.4. The molecule has 0 aromatic heterocycles. The van der Waals surface area contributed by atoms with E-state index in [1.807, 2.05) is 6.92 Å². The maximum atomic E-state index is 11.8. The second kappa shape index (κ2) is 6.74. The van der Waals surface area contributed by atoms with Gasteiger partial charge in [-0.2, -0.15) is 0 Å². The molecule has 0 spiro atoms. The molecule has 1 atom stereocenters. The number of nitro groups is 1. The van der Waals surface area contributed by atoms with Gasteiger partial charge in [-0.15, -0.1) is 0 Å². The molecule has 1 N–H and O–H groups in total. The summed E-state index contributed by atoms with van der Waals surface area (Å²) in [6.07, 6.45) is 2.19. The van der Waals surface area contributed by atoms with Crippen molar-refractivity contribution in [1.29, 1.82) is 0 Å². The van der Waals surface area contributed by atoms with Gasteiger partial charge in [0.15, 0.2) is 6.61 Å². The van der Waals surface area contributed by atoms with Crippen LogP contribution in [0.25, 0.3) is 0 Å². The zero-order valence-electron chi connectivity index (χ0n) is 11.9. The average Bonchev–Trinajstić information content (AvgIpc) is 3.29. The number of carbonyl (C=O) groups is 2. The predicted octanol–water partition coefficient (Wildman–Crippen LogP) is 2.32. The molecule has 1 aliphatic rings. The highest BCUT2D eigenvalue weighted by Crippen LogP contribution is 2.32. The Morgan fingerprint density at radius 3 is 2.73 bits per heavy atom. The molecule has 1 saturated carbocycles. The third-order valence-electron chi connectivity index (χ3n) is 3.44. The lowest BCUT2D eigenvalue weighted by Crippen LogP contribution is -2.37. The lowest BCUT2D eigenvalue weighted by atomic mass is 10.2. The number of hydrogen-bond acceptors (Lipinski definition) is 5. The summed E-state index contributed by atoms with van der Waals surface area (Å²) in [7, 11) is 0. The Labute approximate surface area is 131 Å². The number of ether oxygens (including phenoxy) is 1. The predicted molar refractivity (Wildman–Crippen MR) is 78.7 cm³/mol. The Morgan fingerprint density at radius 1 is 1.50 bits per heavy atom. The van der Waals surface area contributed by atoms with Crippen LogP contribution in [0.5, 0.6) is 0 Å². The Kier molecular flexibility index (Phi) is 4.97. The van der Waals surface area contributed by atoms with Gasteiger partial charge in [-0.3, -0.25) is 14.9 Å². The van der Waals surface area contributed by atoms with E-state index in [9.17, 15) is 19.7 Å². The number of hydrogen-bond donors (Lipinski definition) is 1. The molecule has 2 rings (SSSR count). The van der Waals surface area contributed by atoms with Crippen LogP contribution < -0.4 is 5.32 Å². The van der Waals surface area contributed by atoms with E-state index in [-0.39, 0.29) is 28.2 Å². The summed E-state index contributed by atoms with van der Waals surface area (Å²) >= 11 is 5.81. The number of carbonyl (C=O) groups excluding carboxylic acids is 2. The summed E-state index contributed by atoms with van der Waals surface area (Å²) in [5.74, 6) is -0.677. The Bertz CT molecular complexity index is 615. The lowest BCUT2D eigenvalue weighted by molar-refractivity contribution is -0.384. The molecule has 1 aromatic rings. The van der Waals surface area contributed by atoms with E-state index >= 15 is 0 Å². The van der Waals surface area contributed by atoms with Crippen molar-refractivity contribution in [3.63, 3.8) is 0 Å². The van der Waals surface area contributed by atoms with Gasteiger partial charge >= 0.3 is 5.97 Å². The van der Waals surface area contributed by atoms with E-state index in [1.54, 1.807) is 0 Å². The van der Waals surface area contributed by atoms with Gasteiger partial charge in [-0.25, -0.2) is 4.79 Å². The summed E-state index contributed by atoms with van der Waals surface area (Å²) in [6, 6.07) is 3.48. The highest BCUT2D eigenvalue weighted by molar-refractivity contribution is 6.33. The van der Waals surface area contributed by atoms with Gasteiger partial charge in [-0.05, 0) is 31.7 Å². The standard InChI is InChI=1S/C14H15ClN2O5/c1-8(9-2-3-9)16-13(18)7-22-14(19)11-5-4-10(17(20)21)6-12(11)15/h4-6,8-9H,2-3,7H2,1H3,(H,16,18)/t8-/m1/s1. The summed E-state index contributed by atoms with van der Waals surface area (Å²) in [5, 5.41) is 13.2. The number of benzene rings is 1. The zero-order chi connectivity index (χ0) is 16.3. The van der Waals surface area contributed by atoms with Gasteiger partial charge in [0.2, 0.25) is 0 Å². The monoisotopic (exact) mass is 326 g/mol. The highest BCUT2D eigenvalue weighted by atomic mass is 35.5. The van der Waals surface area contributed by atoms with Crippen LogP contribution in [0, 0.1) is 16.0 Å². The van der Waals surface area contributed by atoms with Crippen LogP contribution in [0.1, 0.15) is 30.1 Å². The van der Waals surface area contributed by atoms with Gasteiger partial charge in [-0.1, -0.05) is 11.6 Å². The molecule has 0 saturated heterocycles. The number of halogens is 1. The van der Waals surface area contributed by atoms with E-state index in [2.05, 4.69) is 5.32 Å². The molecule has 22 heavy (non-hydrogen) atoms. The first-order valence-electron chi connectivity index (χ1n) is 6.79. The first kappa shape index (κ1) is 16.2. The lowest BCUT2D eigenvalue weighted by Gasteiger charge is -2.12. The minimum atomic E-state index is -0.797. The molecule has 0 heterocycles. The summed E-state index contributed by atoms with van der Waals surface area (Å²) < 4.78 is 4.87. The van der Waals surface area contributed by atoms with Gasteiger partial charge in [0, 0.05) is 18.2 Å². The summed E-state index contributed by atoms with van der Waals surface area (Å²) in [5.41, 5.74) is -0.243. The van der Waals surface area contributed by atoms with E-state index < -0.39 is 17.5 Å². The minimum Gasteiger partial charge on any atom is -0.452 e. The Morgan fingerprint density at radius 2 is 2.18 bits per heavy atom. The Hall–Kier alpha value is -2.15. The molecule has 1 fully saturated rings. The van der Waals surface area contributed by atoms with Gasteiger partial charge in [0.05, 0.1) is 15.5 Å². The topological polar surface area (TPSA) is 98.5 Å². The van der Waals surface area contributed by atoms with Crippen molar-refractivity contribution < 1.29 is 19.2 Å². The van der Waals surface area contributed by atoms with Gasteiger partial charge in [0.25, 0.3) is 11.6 Å². The molecule has 0 radical (unpaired) electrons. The van der Waals surface area contributed by atoms with Crippen molar-refractivity contribution in [2.75, 3.05) is 6.61 Å². The van der Waals surface area contributed by atoms with Crippen molar-refractivity contribution in [2.45, 2.75) is 25.8 Å². The van der Waals surface area contributed by atoms with Crippen LogP contribution in [0.15, 0.2) is 18.2 Å². The number of amides is 1. The van der Waals surface area contributed by atoms with Crippen molar-refractivity contribution in [2.24, 2.45) is 5.92 Å². The fourth-order valence-corrected chi connectivity index (χ4v) is 2.25. The van der Waals surface area contributed by atoms with Crippen molar-refractivity contribution in [1.82, 2.24) is 5.32 Å². The third-order valence-corrected chi connectivity index (χ3v) is 3.75. The fourth-order valence-electron chi connectivity index (χ4n) is 2.00. The van der Waals surface area contributed by atoms with E-state index in [0.717, 1.165) is 25.0 Å². The molecule has 8 heteroatoms. The molecule has 0 unspecified atom stereocenters.